The second-order valence-electron chi connectivity index (χ2n) is 7.02. The van der Waals surface area contributed by atoms with Gasteiger partial charge in [-0.05, 0) is 29.5 Å². The average molecular weight is 380 g/mol. The number of aromatic nitrogens is 4. The lowest BCUT2D eigenvalue weighted by Crippen LogP contribution is -2.32. The molecule has 0 unspecified atom stereocenters. The van der Waals surface area contributed by atoms with E-state index in [1.165, 1.54) is 44.2 Å². The zero-order valence-electron chi connectivity index (χ0n) is 14.7. The summed E-state index contributed by atoms with van der Waals surface area (Å²) in [6.07, 6.45) is 6.57. The van der Waals surface area contributed by atoms with Crippen molar-refractivity contribution in [3.05, 3.63) is 40.4 Å². The smallest absolute Gasteiger partial charge is 0.221 e. The predicted octanol–water partition coefficient (Wildman–Crippen LogP) is 3.80. The molecule has 0 aliphatic heterocycles. The van der Waals surface area contributed by atoms with Crippen LogP contribution in [0.5, 0.6) is 0 Å². The summed E-state index contributed by atoms with van der Waals surface area (Å²) >= 11 is 5.76. The highest BCUT2D eigenvalue weighted by Gasteiger charge is 2.26. The average Bonchev–Trinajstić information content (AvgIpc) is 3.17. The SMILES string of the molecule is C[C@H](CC(=O)N[C@@H](c1ccc(Cl)c(F)c1)c1nn[nH]n1)C1CCCCC1. The summed E-state index contributed by atoms with van der Waals surface area (Å²) in [6.45, 7) is 2.13. The number of carbonyl (C=O) groups excluding carboxylic acids is 1. The zero-order chi connectivity index (χ0) is 18.5. The molecule has 1 aromatic carbocycles. The summed E-state index contributed by atoms with van der Waals surface area (Å²) in [4.78, 5) is 12.6. The molecule has 0 radical (unpaired) electrons. The van der Waals surface area contributed by atoms with E-state index in [0.29, 0.717) is 23.8 Å². The third-order valence-corrected chi connectivity index (χ3v) is 5.47. The Kier molecular flexibility index (Phi) is 6.19. The third-order valence-electron chi connectivity index (χ3n) is 5.16. The fourth-order valence-corrected chi connectivity index (χ4v) is 3.78. The molecular weight excluding hydrogens is 357 g/mol. The largest absolute Gasteiger partial charge is 0.342 e. The van der Waals surface area contributed by atoms with Crippen molar-refractivity contribution in [2.24, 2.45) is 11.8 Å². The van der Waals surface area contributed by atoms with Crippen molar-refractivity contribution >= 4 is 17.5 Å². The maximum Gasteiger partial charge on any atom is 0.221 e. The summed E-state index contributed by atoms with van der Waals surface area (Å²) in [5.74, 6) is 0.524. The monoisotopic (exact) mass is 379 g/mol. The highest BCUT2D eigenvalue weighted by Crippen LogP contribution is 2.32. The van der Waals surface area contributed by atoms with Crippen molar-refractivity contribution in [1.82, 2.24) is 25.9 Å². The van der Waals surface area contributed by atoms with Crippen LogP contribution in [0.3, 0.4) is 0 Å². The highest BCUT2D eigenvalue weighted by molar-refractivity contribution is 6.30. The van der Waals surface area contributed by atoms with E-state index in [2.05, 4.69) is 32.9 Å². The molecule has 6 nitrogen and oxygen atoms in total. The number of hydrogen-bond donors (Lipinski definition) is 2. The number of H-pyrrole nitrogens is 1. The maximum atomic E-state index is 13.9. The summed E-state index contributed by atoms with van der Waals surface area (Å²) in [5, 5.41) is 16.8. The van der Waals surface area contributed by atoms with E-state index in [-0.39, 0.29) is 16.8 Å². The fourth-order valence-electron chi connectivity index (χ4n) is 3.66. The molecule has 2 aromatic rings. The number of rotatable bonds is 6. The van der Waals surface area contributed by atoms with Crippen LogP contribution < -0.4 is 5.32 Å². The van der Waals surface area contributed by atoms with Gasteiger partial charge in [0.2, 0.25) is 11.7 Å². The van der Waals surface area contributed by atoms with Crippen molar-refractivity contribution in [3.8, 4) is 0 Å². The summed E-state index contributed by atoms with van der Waals surface area (Å²) in [7, 11) is 0. The van der Waals surface area contributed by atoms with E-state index < -0.39 is 11.9 Å². The molecule has 8 heteroatoms. The van der Waals surface area contributed by atoms with Crippen LogP contribution in [-0.4, -0.2) is 26.5 Å². The number of halogens is 2. The van der Waals surface area contributed by atoms with Crippen LogP contribution in [0.1, 0.15) is 62.9 Å². The van der Waals surface area contributed by atoms with Gasteiger partial charge >= 0.3 is 0 Å². The zero-order valence-corrected chi connectivity index (χ0v) is 15.5. The van der Waals surface area contributed by atoms with Gasteiger partial charge < -0.3 is 5.32 Å². The van der Waals surface area contributed by atoms with Crippen molar-refractivity contribution < 1.29 is 9.18 Å². The minimum atomic E-state index is -0.674. The molecule has 1 aromatic heterocycles. The normalized spacial score (nSPS) is 17.7. The minimum Gasteiger partial charge on any atom is -0.342 e. The quantitative estimate of drug-likeness (QED) is 0.799. The Bertz CT molecular complexity index is 733. The molecule has 2 N–H and O–H groups in total. The van der Waals surface area contributed by atoms with E-state index >= 15 is 0 Å². The first-order valence-corrected chi connectivity index (χ1v) is 9.40. The van der Waals surface area contributed by atoms with Crippen LogP contribution >= 0.6 is 11.6 Å². The summed E-state index contributed by atoms with van der Waals surface area (Å²) in [6, 6.07) is 3.72. The molecule has 1 fully saturated rings. The molecule has 140 valence electrons. The topological polar surface area (TPSA) is 83.6 Å². The number of benzene rings is 1. The van der Waals surface area contributed by atoms with Crippen molar-refractivity contribution in [2.45, 2.75) is 51.5 Å². The minimum absolute atomic E-state index is 0.0258. The third kappa shape index (κ3) is 4.58. The highest BCUT2D eigenvalue weighted by atomic mass is 35.5. The van der Waals surface area contributed by atoms with Crippen LogP contribution in [0.2, 0.25) is 5.02 Å². The van der Waals surface area contributed by atoms with Crippen LogP contribution in [0, 0.1) is 17.7 Å². The molecule has 1 aliphatic rings. The molecule has 1 heterocycles. The Morgan fingerprint density at radius 2 is 2.15 bits per heavy atom. The molecule has 0 bridgehead atoms. The number of nitrogens with zero attached hydrogens (tertiary/aromatic N) is 3. The van der Waals surface area contributed by atoms with Gasteiger partial charge in [-0.1, -0.05) is 61.9 Å². The Morgan fingerprint density at radius 3 is 2.81 bits per heavy atom. The molecule has 1 saturated carbocycles. The first-order valence-electron chi connectivity index (χ1n) is 9.02. The predicted molar refractivity (Wildman–Crippen MR) is 95.9 cm³/mol. The molecule has 3 rings (SSSR count). The van der Waals surface area contributed by atoms with Crippen molar-refractivity contribution in [2.75, 3.05) is 0 Å². The van der Waals surface area contributed by atoms with Crippen molar-refractivity contribution in [3.63, 3.8) is 0 Å². The Labute approximate surface area is 156 Å². The number of carbonyl (C=O) groups is 1. The Hall–Kier alpha value is -2.02. The van der Waals surface area contributed by atoms with E-state index in [4.69, 9.17) is 11.6 Å². The van der Waals surface area contributed by atoms with Crippen LogP contribution in [0.15, 0.2) is 18.2 Å². The molecular formula is C18H23ClFN5O. The molecule has 2 atom stereocenters. The Morgan fingerprint density at radius 1 is 1.38 bits per heavy atom. The molecule has 1 amide bonds. The lowest BCUT2D eigenvalue weighted by atomic mass is 9.79. The number of tetrazole rings is 1. The summed E-state index contributed by atoms with van der Waals surface area (Å²) < 4.78 is 13.9. The lowest BCUT2D eigenvalue weighted by molar-refractivity contribution is -0.122. The van der Waals surface area contributed by atoms with Gasteiger partial charge in [0.05, 0.1) is 5.02 Å². The molecule has 26 heavy (non-hydrogen) atoms. The van der Waals surface area contributed by atoms with Gasteiger partial charge in [-0.3, -0.25) is 4.79 Å². The Balaban J connectivity index is 1.71. The van der Waals surface area contributed by atoms with Crippen LogP contribution in [0.25, 0.3) is 0 Å². The first-order chi connectivity index (χ1) is 12.5. The van der Waals surface area contributed by atoms with Gasteiger partial charge in [0.15, 0.2) is 0 Å². The maximum absolute atomic E-state index is 13.9. The lowest BCUT2D eigenvalue weighted by Gasteiger charge is -2.27. The van der Waals surface area contributed by atoms with Crippen LogP contribution in [-0.2, 0) is 4.79 Å². The number of amides is 1. The first kappa shape index (κ1) is 18.8. The fraction of sp³-hybridized carbons (Fsp3) is 0.556. The van der Waals surface area contributed by atoms with Crippen molar-refractivity contribution in [1.29, 1.82) is 0 Å². The van der Waals surface area contributed by atoms with E-state index in [1.807, 2.05) is 0 Å². The molecule has 0 spiro atoms. The van der Waals surface area contributed by atoms with Gasteiger partial charge in [-0.15, -0.1) is 10.2 Å². The summed E-state index contributed by atoms with van der Waals surface area (Å²) in [5.41, 5.74) is 0.520. The molecule has 0 saturated heterocycles. The standard InChI is InChI=1S/C18H23ClFN5O/c1-11(12-5-3-2-4-6-12)9-16(26)21-17(18-22-24-25-23-18)13-7-8-14(19)15(20)10-13/h7-8,10-12,17H,2-6,9H2,1H3,(H,21,26)(H,22,23,24,25)/t11-,17+/m1/s1. The number of hydrogen-bond acceptors (Lipinski definition) is 4. The van der Waals surface area contributed by atoms with Gasteiger partial charge in [-0.2, -0.15) is 5.21 Å². The van der Waals surface area contributed by atoms with Gasteiger partial charge in [0.1, 0.15) is 11.9 Å². The van der Waals surface area contributed by atoms with E-state index in [1.54, 1.807) is 6.07 Å². The van der Waals surface area contributed by atoms with E-state index in [9.17, 15) is 9.18 Å². The number of nitrogens with one attached hydrogen (secondary N) is 2. The number of aromatic amines is 1. The molecule has 1 aliphatic carbocycles. The van der Waals surface area contributed by atoms with Gasteiger partial charge in [-0.25, -0.2) is 4.39 Å². The van der Waals surface area contributed by atoms with E-state index in [0.717, 1.165) is 0 Å². The second-order valence-corrected chi connectivity index (χ2v) is 7.43. The van der Waals surface area contributed by atoms with Crippen LogP contribution in [0.4, 0.5) is 4.39 Å². The van der Waals surface area contributed by atoms with Gasteiger partial charge in [0.25, 0.3) is 0 Å². The van der Waals surface area contributed by atoms with Gasteiger partial charge in [0, 0.05) is 6.42 Å². The second kappa shape index (κ2) is 8.58.